The van der Waals surface area contributed by atoms with Crippen molar-refractivity contribution in [3.05, 3.63) is 64.9 Å². The second kappa shape index (κ2) is 5.92. The third-order valence-electron chi connectivity index (χ3n) is 4.13. The molecule has 1 heterocycles. The lowest BCUT2D eigenvalue weighted by Gasteiger charge is -2.24. The molecular weight excluding hydrogens is 328 g/mol. The van der Waals surface area contributed by atoms with Crippen LogP contribution in [0.25, 0.3) is 11.3 Å². The van der Waals surface area contributed by atoms with Gasteiger partial charge in [0.2, 0.25) is 10.0 Å². The first kappa shape index (κ1) is 16.5. The lowest BCUT2D eigenvalue weighted by molar-refractivity contribution is 0.418. The summed E-state index contributed by atoms with van der Waals surface area (Å²) in [5, 5.41) is 5.11. The predicted octanol–water partition coefficient (Wildman–Crippen LogP) is 2.45. The quantitative estimate of drug-likeness (QED) is 0.923. The molecule has 0 saturated carbocycles. The van der Waals surface area contributed by atoms with E-state index in [9.17, 15) is 13.2 Å². The van der Waals surface area contributed by atoms with Crippen molar-refractivity contribution < 1.29 is 12.8 Å². The van der Waals surface area contributed by atoms with Crippen LogP contribution in [0, 0.1) is 5.92 Å². The van der Waals surface area contributed by atoms with Gasteiger partial charge in [-0.3, -0.25) is 4.57 Å². The third kappa shape index (κ3) is 3.00. The normalized spacial score (nSPS) is 20.9. The van der Waals surface area contributed by atoms with Crippen molar-refractivity contribution in [3.8, 4) is 11.3 Å². The Labute approximate surface area is 140 Å². The monoisotopic (exact) mass is 346 g/mol. The van der Waals surface area contributed by atoms with Crippen LogP contribution in [0.3, 0.4) is 0 Å². The number of hydrogen-bond donors (Lipinski definition) is 1. The average molecular weight is 346 g/mol. The predicted molar refractivity (Wildman–Crippen MR) is 90.9 cm³/mol. The maximum absolute atomic E-state index is 12.2. The molecule has 0 amide bonds. The number of nitrogens with two attached hydrogens (primary N) is 1. The van der Waals surface area contributed by atoms with Crippen LogP contribution in [-0.4, -0.2) is 13.0 Å². The molecule has 0 aliphatic heterocycles. The van der Waals surface area contributed by atoms with Crippen LogP contribution in [0.5, 0.6) is 0 Å². The Kier molecular flexibility index (Phi) is 4.06. The lowest BCUT2D eigenvalue weighted by atomic mass is 9.93. The molecule has 1 aliphatic carbocycles. The number of hydrogen-bond acceptors (Lipinski definition) is 4. The minimum atomic E-state index is -3.75. The smallest absolute Gasteiger partial charge is 0.416 e. The van der Waals surface area contributed by atoms with Crippen LogP contribution in [0.1, 0.15) is 19.9 Å². The molecule has 1 aliphatic rings. The van der Waals surface area contributed by atoms with E-state index in [4.69, 9.17) is 9.56 Å². The first-order valence-electron chi connectivity index (χ1n) is 7.47. The lowest BCUT2D eigenvalue weighted by Crippen LogP contribution is -2.25. The van der Waals surface area contributed by atoms with Gasteiger partial charge in [0, 0.05) is 5.56 Å². The number of primary sulfonamides is 1. The zero-order valence-corrected chi connectivity index (χ0v) is 14.2. The Morgan fingerprint density at radius 2 is 1.88 bits per heavy atom. The summed E-state index contributed by atoms with van der Waals surface area (Å²) >= 11 is 0. The van der Waals surface area contributed by atoms with E-state index in [0.717, 1.165) is 5.57 Å². The van der Waals surface area contributed by atoms with E-state index in [1.165, 1.54) is 18.4 Å². The fourth-order valence-electron chi connectivity index (χ4n) is 2.94. The van der Waals surface area contributed by atoms with E-state index in [1.54, 1.807) is 16.7 Å². The molecule has 2 N–H and O–H groups in total. The summed E-state index contributed by atoms with van der Waals surface area (Å²) in [4.78, 5) is 12.2. The van der Waals surface area contributed by atoms with E-state index >= 15 is 0 Å². The van der Waals surface area contributed by atoms with Crippen molar-refractivity contribution in [2.45, 2.75) is 24.8 Å². The van der Waals surface area contributed by atoms with E-state index in [-0.39, 0.29) is 16.9 Å². The summed E-state index contributed by atoms with van der Waals surface area (Å²) < 4.78 is 29.4. The van der Waals surface area contributed by atoms with Crippen molar-refractivity contribution in [3.63, 3.8) is 0 Å². The van der Waals surface area contributed by atoms with Crippen molar-refractivity contribution in [1.82, 2.24) is 4.57 Å². The van der Waals surface area contributed by atoms with Crippen LogP contribution < -0.4 is 10.9 Å². The number of rotatable bonds is 3. The molecule has 3 rings (SSSR count). The van der Waals surface area contributed by atoms with Gasteiger partial charge in [0.15, 0.2) is 0 Å². The Morgan fingerprint density at radius 1 is 1.21 bits per heavy atom. The summed E-state index contributed by atoms with van der Waals surface area (Å²) in [6.45, 7) is 4.04. The summed E-state index contributed by atoms with van der Waals surface area (Å²) in [5.74, 6) is -0.317. The van der Waals surface area contributed by atoms with Gasteiger partial charge in [0.1, 0.15) is 6.26 Å². The Morgan fingerprint density at radius 3 is 2.46 bits per heavy atom. The van der Waals surface area contributed by atoms with Gasteiger partial charge in [-0.1, -0.05) is 42.9 Å². The van der Waals surface area contributed by atoms with Gasteiger partial charge in [-0.05, 0) is 25.0 Å². The molecule has 126 valence electrons. The first-order chi connectivity index (χ1) is 11.3. The molecule has 0 spiro atoms. The number of oxazole rings is 1. The van der Waals surface area contributed by atoms with Crippen LogP contribution in [-0.2, 0) is 10.0 Å². The van der Waals surface area contributed by atoms with Gasteiger partial charge >= 0.3 is 5.76 Å². The van der Waals surface area contributed by atoms with Crippen molar-refractivity contribution in [1.29, 1.82) is 0 Å². The third-order valence-corrected chi connectivity index (χ3v) is 5.05. The molecule has 7 heteroatoms. The van der Waals surface area contributed by atoms with Crippen molar-refractivity contribution in [2.24, 2.45) is 11.1 Å². The topological polar surface area (TPSA) is 95.3 Å². The molecule has 6 nitrogen and oxygen atoms in total. The van der Waals surface area contributed by atoms with Crippen LogP contribution >= 0.6 is 0 Å². The minimum absolute atomic E-state index is 0.0214. The SMILES string of the molecule is CC1=CC(C)C(n2c(-c3ccc(S(N)(=O)=O)cc3)coc2=O)C=C1. The highest BCUT2D eigenvalue weighted by Crippen LogP contribution is 2.31. The number of aromatic nitrogens is 1. The Bertz CT molecular complexity index is 978. The van der Waals surface area contributed by atoms with Crippen molar-refractivity contribution >= 4 is 10.0 Å². The number of benzene rings is 1. The molecule has 0 saturated heterocycles. The summed E-state index contributed by atoms with van der Waals surface area (Å²) in [6.07, 6.45) is 7.43. The number of nitrogens with zero attached hydrogens (tertiary/aromatic N) is 1. The summed E-state index contributed by atoms with van der Waals surface area (Å²) in [6, 6.07) is 5.89. The van der Waals surface area contributed by atoms with E-state index < -0.39 is 15.8 Å². The molecule has 1 aromatic heterocycles. The molecular formula is C17H18N2O4S. The van der Waals surface area contributed by atoms with Crippen molar-refractivity contribution in [2.75, 3.05) is 0 Å². The van der Waals surface area contributed by atoms with Gasteiger partial charge in [-0.25, -0.2) is 18.4 Å². The second-order valence-corrected chi connectivity index (χ2v) is 7.51. The van der Waals surface area contributed by atoms with E-state index in [0.29, 0.717) is 11.3 Å². The maximum atomic E-state index is 12.2. The standard InChI is InChI=1S/C17H18N2O4S/c1-11-3-8-15(12(2)9-11)19-16(10-23-17(19)20)13-4-6-14(7-5-13)24(18,21)22/h3-10,12,15H,1-2H3,(H2,18,21,22). The maximum Gasteiger partial charge on any atom is 0.419 e. The molecule has 0 radical (unpaired) electrons. The molecule has 2 aromatic rings. The average Bonchev–Trinajstić information content (AvgIpc) is 2.88. The van der Waals surface area contributed by atoms with Crippen LogP contribution in [0.15, 0.2) is 68.4 Å². The van der Waals surface area contributed by atoms with E-state index in [1.807, 2.05) is 26.0 Å². The highest BCUT2D eigenvalue weighted by Gasteiger charge is 2.24. The number of sulfonamides is 1. The van der Waals surface area contributed by atoms with Gasteiger partial charge in [-0.2, -0.15) is 0 Å². The minimum Gasteiger partial charge on any atom is -0.416 e. The van der Waals surface area contributed by atoms with Gasteiger partial charge in [-0.15, -0.1) is 0 Å². The summed E-state index contributed by atoms with van der Waals surface area (Å²) in [5.41, 5.74) is 2.42. The molecule has 0 bridgehead atoms. The van der Waals surface area contributed by atoms with Crippen LogP contribution in [0.2, 0.25) is 0 Å². The Hall–Kier alpha value is -2.38. The largest absolute Gasteiger partial charge is 0.419 e. The van der Waals surface area contributed by atoms with Crippen LogP contribution in [0.4, 0.5) is 0 Å². The zero-order valence-electron chi connectivity index (χ0n) is 13.3. The number of allylic oxidation sites excluding steroid dienone is 4. The molecule has 0 fully saturated rings. The molecule has 2 unspecified atom stereocenters. The summed E-state index contributed by atoms with van der Waals surface area (Å²) in [7, 11) is -3.75. The molecule has 24 heavy (non-hydrogen) atoms. The van der Waals surface area contributed by atoms with E-state index in [2.05, 4.69) is 6.08 Å². The first-order valence-corrected chi connectivity index (χ1v) is 9.02. The highest BCUT2D eigenvalue weighted by atomic mass is 32.2. The fourth-order valence-corrected chi connectivity index (χ4v) is 3.45. The second-order valence-electron chi connectivity index (χ2n) is 5.95. The van der Waals surface area contributed by atoms with Gasteiger partial charge < -0.3 is 4.42 Å². The van der Waals surface area contributed by atoms with Gasteiger partial charge in [0.25, 0.3) is 0 Å². The molecule has 1 aromatic carbocycles. The zero-order chi connectivity index (χ0) is 17.5. The van der Waals surface area contributed by atoms with Gasteiger partial charge in [0.05, 0.1) is 16.6 Å². The molecule has 2 atom stereocenters. The fraction of sp³-hybridized carbons (Fsp3) is 0.235. The Balaban J connectivity index is 2.05. The highest BCUT2D eigenvalue weighted by molar-refractivity contribution is 7.89.